The highest BCUT2D eigenvalue weighted by atomic mass is 32.2. The lowest BCUT2D eigenvalue weighted by Gasteiger charge is -2.15. The minimum Gasteiger partial charge on any atom is -0.508 e. The molecule has 0 heterocycles. The molecular formula is C28H26N2O8S2. The molecule has 0 saturated heterocycles. The van der Waals surface area contributed by atoms with Crippen molar-refractivity contribution in [2.45, 2.75) is 31.6 Å². The van der Waals surface area contributed by atoms with Crippen molar-refractivity contribution >= 4 is 48.8 Å². The second-order valence-electron chi connectivity index (χ2n) is 9.14. The van der Waals surface area contributed by atoms with Crippen LogP contribution in [0, 0.1) is 6.92 Å². The molecule has 0 bridgehead atoms. The number of aliphatic imine (C=N–C) groups is 1. The van der Waals surface area contributed by atoms with Gasteiger partial charge in [0.15, 0.2) is 0 Å². The summed E-state index contributed by atoms with van der Waals surface area (Å²) in [6.07, 6.45) is 3.14. The molecule has 0 fully saturated rings. The molecule has 0 atom stereocenters. The van der Waals surface area contributed by atoms with Crippen LogP contribution in [0.15, 0.2) is 93.2 Å². The van der Waals surface area contributed by atoms with E-state index in [1.165, 1.54) is 31.2 Å². The number of rotatable bonds is 8. The summed E-state index contributed by atoms with van der Waals surface area (Å²) < 4.78 is 67.2. The van der Waals surface area contributed by atoms with Gasteiger partial charge in [-0.3, -0.25) is 13.9 Å². The third kappa shape index (κ3) is 6.72. The van der Waals surface area contributed by atoms with Crippen molar-refractivity contribution < 1.29 is 35.8 Å². The Hall–Kier alpha value is -4.10. The number of aryl methyl sites for hydroxylation is 2. The van der Waals surface area contributed by atoms with Crippen LogP contribution in [0.4, 0.5) is 17.1 Å². The maximum atomic E-state index is 12.8. The first-order valence-corrected chi connectivity index (χ1v) is 14.9. The largest absolute Gasteiger partial charge is 0.508 e. The van der Waals surface area contributed by atoms with Crippen molar-refractivity contribution in [2.75, 3.05) is 5.32 Å². The average Bonchev–Trinajstić information content (AvgIpc) is 2.87. The minimum absolute atomic E-state index is 0.0603. The summed E-state index contributed by atoms with van der Waals surface area (Å²) in [5.41, 5.74) is 2.66. The van der Waals surface area contributed by atoms with Gasteiger partial charge in [0.25, 0.3) is 20.2 Å². The van der Waals surface area contributed by atoms with Gasteiger partial charge in [-0.1, -0.05) is 31.2 Å². The number of nitrogens with zero attached hydrogens (tertiary/aromatic N) is 1. The van der Waals surface area contributed by atoms with E-state index in [0.717, 1.165) is 41.8 Å². The van der Waals surface area contributed by atoms with E-state index in [-0.39, 0.29) is 40.4 Å². The first kappa shape index (κ1) is 28.9. The van der Waals surface area contributed by atoms with Crippen LogP contribution in [-0.2, 0) is 37.9 Å². The van der Waals surface area contributed by atoms with Crippen molar-refractivity contribution in [1.82, 2.24) is 0 Å². The summed E-state index contributed by atoms with van der Waals surface area (Å²) in [6, 6.07) is 15.8. The fraction of sp³-hybridized carbons (Fsp3) is 0.143. The normalized spacial score (nSPS) is 15.1. The highest BCUT2D eigenvalue weighted by Crippen LogP contribution is 2.32. The number of carbonyl (C=O) groups is 1. The Balaban J connectivity index is 1.60. The Labute approximate surface area is 231 Å². The fourth-order valence-electron chi connectivity index (χ4n) is 4.06. The van der Waals surface area contributed by atoms with Gasteiger partial charge in [0.1, 0.15) is 16.4 Å². The first-order valence-electron chi connectivity index (χ1n) is 12.0. The summed E-state index contributed by atoms with van der Waals surface area (Å²) in [7, 11) is -9.25. The highest BCUT2D eigenvalue weighted by molar-refractivity contribution is 7.90. The predicted molar refractivity (Wildman–Crippen MR) is 152 cm³/mol. The van der Waals surface area contributed by atoms with Crippen LogP contribution >= 0.6 is 0 Å². The summed E-state index contributed by atoms with van der Waals surface area (Å²) in [5, 5.41) is 12.8. The van der Waals surface area contributed by atoms with Crippen LogP contribution in [0.3, 0.4) is 0 Å². The third-order valence-electron chi connectivity index (χ3n) is 6.22. The van der Waals surface area contributed by atoms with Crippen molar-refractivity contribution in [1.29, 1.82) is 0 Å². The molecule has 0 aliphatic heterocycles. The SMILES string of the molecule is CCc1ccc(CC2=CC(=O)C(=Nc3ccc(Nc4cc(O)c(C)cc4S(=O)(=O)O)cc3)C=C2S(=O)(=O)O)cc1. The van der Waals surface area contributed by atoms with E-state index in [0.29, 0.717) is 5.69 Å². The van der Waals surface area contributed by atoms with Crippen LogP contribution in [0.5, 0.6) is 5.75 Å². The van der Waals surface area contributed by atoms with Crippen LogP contribution in [-0.4, -0.2) is 42.5 Å². The van der Waals surface area contributed by atoms with Crippen LogP contribution < -0.4 is 5.32 Å². The molecule has 4 rings (SSSR count). The molecule has 3 aromatic carbocycles. The predicted octanol–water partition coefficient (Wildman–Crippen LogP) is 4.85. The molecule has 10 nitrogen and oxygen atoms in total. The quantitative estimate of drug-likeness (QED) is 0.214. The number of phenolic OH excluding ortho intramolecular Hbond substituents is 1. The van der Waals surface area contributed by atoms with E-state index in [1.807, 2.05) is 31.2 Å². The Bertz CT molecular complexity index is 1790. The number of anilines is 2. The minimum atomic E-state index is -4.66. The van der Waals surface area contributed by atoms with Crippen molar-refractivity contribution in [3.05, 3.63) is 100.0 Å². The Morgan fingerprint density at radius 2 is 1.48 bits per heavy atom. The van der Waals surface area contributed by atoms with Crippen molar-refractivity contribution in [2.24, 2.45) is 4.99 Å². The Morgan fingerprint density at radius 3 is 2.05 bits per heavy atom. The molecule has 0 aromatic heterocycles. The molecular weight excluding hydrogens is 556 g/mol. The van der Waals surface area contributed by atoms with E-state index in [1.54, 1.807) is 0 Å². The van der Waals surface area contributed by atoms with Gasteiger partial charge in [-0.05, 0) is 84.5 Å². The third-order valence-corrected chi connectivity index (χ3v) is 8.05. The summed E-state index contributed by atoms with van der Waals surface area (Å²) in [4.78, 5) is 16.2. The second-order valence-corrected chi connectivity index (χ2v) is 11.9. The number of ketones is 1. The van der Waals surface area contributed by atoms with Crippen LogP contribution in [0.2, 0.25) is 0 Å². The maximum absolute atomic E-state index is 12.8. The number of phenols is 1. The number of carbonyl (C=O) groups excluding carboxylic acids is 1. The zero-order chi connectivity index (χ0) is 29.2. The smallest absolute Gasteiger partial charge is 0.296 e. The average molecular weight is 583 g/mol. The van der Waals surface area contributed by atoms with Gasteiger partial charge in [0, 0.05) is 11.8 Å². The van der Waals surface area contributed by atoms with Crippen LogP contribution in [0.25, 0.3) is 0 Å². The maximum Gasteiger partial charge on any atom is 0.296 e. The summed E-state index contributed by atoms with van der Waals surface area (Å²) in [6.45, 7) is 3.49. The van der Waals surface area contributed by atoms with Gasteiger partial charge in [-0.25, -0.2) is 4.99 Å². The van der Waals surface area contributed by atoms with Gasteiger partial charge >= 0.3 is 0 Å². The monoisotopic (exact) mass is 582 g/mol. The van der Waals surface area contributed by atoms with E-state index < -0.39 is 35.8 Å². The molecule has 0 spiro atoms. The van der Waals surface area contributed by atoms with Gasteiger partial charge in [0.05, 0.1) is 16.3 Å². The number of nitrogens with one attached hydrogen (secondary N) is 1. The van der Waals surface area contributed by atoms with E-state index in [9.17, 15) is 35.8 Å². The van der Waals surface area contributed by atoms with E-state index in [4.69, 9.17) is 0 Å². The molecule has 1 aliphatic carbocycles. The van der Waals surface area contributed by atoms with Crippen molar-refractivity contribution in [3.8, 4) is 5.75 Å². The summed E-state index contributed by atoms with van der Waals surface area (Å²) >= 11 is 0. The highest BCUT2D eigenvalue weighted by Gasteiger charge is 2.27. The van der Waals surface area contributed by atoms with Gasteiger partial charge in [-0.2, -0.15) is 16.8 Å². The summed E-state index contributed by atoms with van der Waals surface area (Å²) in [5.74, 6) is -0.719. The number of allylic oxidation sites excluding steroid dienone is 3. The molecule has 3 aromatic rings. The Kier molecular flexibility index (Phi) is 8.08. The van der Waals surface area contributed by atoms with Gasteiger partial charge in [0.2, 0.25) is 5.78 Å². The number of hydrogen-bond acceptors (Lipinski definition) is 8. The number of aromatic hydroxyl groups is 1. The molecule has 1 aliphatic rings. The molecule has 0 unspecified atom stereocenters. The first-order chi connectivity index (χ1) is 18.7. The molecule has 0 amide bonds. The second kappa shape index (κ2) is 11.2. The molecule has 12 heteroatoms. The van der Waals surface area contributed by atoms with E-state index in [2.05, 4.69) is 10.3 Å². The van der Waals surface area contributed by atoms with Crippen LogP contribution in [0.1, 0.15) is 23.6 Å². The van der Waals surface area contributed by atoms with Gasteiger partial charge < -0.3 is 10.4 Å². The lowest BCUT2D eigenvalue weighted by atomic mass is 9.97. The Morgan fingerprint density at radius 1 is 0.850 bits per heavy atom. The standard InChI is InChI=1S/C28H26N2O8S2/c1-3-18-4-6-19(7-5-18)13-20-14-26(32)23(16-27(20)39(33,34)35)29-21-8-10-22(11-9-21)30-24-15-25(31)17(2)12-28(24)40(36,37)38/h4-12,14-16,30-31H,3,13H2,1-2H3,(H,33,34,35)(H,36,37,38). The number of hydrogen-bond donors (Lipinski definition) is 4. The van der Waals surface area contributed by atoms with Crippen molar-refractivity contribution in [3.63, 3.8) is 0 Å². The topological polar surface area (TPSA) is 170 Å². The molecule has 40 heavy (non-hydrogen) atoms. The molecule has 208 valence electrons. The number of benzene rings is 3. The lowest BCUT2D eigenvalue weighted by molar-refractivity contribution is -0.108. The fourth-order valence-corrected chi connectivity index (χ4v) is 5.50. The molecule has 0 radical (unpaired) electrons. The molecule has 4 N–H and O–H groups in total. The van der Waals surface area contributed by atoms with Gasteiger partial charge in [-0.15, -0.1) is 0 Å². The molecule has 0 saturated carbocycles. The van der Waals surface area contributed by atoms with E-state index >= 15 is 0 Å². The zero-order valence-corrected chi connectivity index (χ0v) is 23.1. The zero-order valence-electron chi connectivity index (χ0n) is 21.5. The lowest BCUT2D eigenvalue weighted by Crippen LogP contribution is -2.20.